The molecule has 0 aliphatic carbocycles. The molecule has 0 aliphatic rings. The minimum absolute atomic E-state index is 0.477. The zero-order chi connectivity index (χ0) is 15.2. The number of hydrogen-bond acceptors (Lipinski definition) is 2. The molecule has 0 radical (unpaired) electrons. The van der Waals surface area contributed by atoms with Gasteiger partial charge in [-0.25, -0.2) is 4.98 Å². The van der Waals surface area contributed by atoms with Gasteiger partial charge in [0, 0.05) is 24.2 Å². The van der Waals surface area contributed by atoms with Gasteiger partial charge in [-0.1, -0.05) is 49.7 Å². The molecule has 0 fully saturated rings. The molecule has 0 amide bonds. The van der Waals surface area contributed by atoms with Crippen LogP contribution in [0.3, 0.4) is 0 Å². The number of benzene rings is 2. The highest BCUT2D eigenvalue weighted by molar-refractivity contribution is 7.99. The molecular weight excluding hydrogens is 288 g/mol. The maximum Gasteiger partial charge on any atom is 0.0946 e. The summed E-state index contributed by atoms with van der Waals surface area (Å²) >= 11 is 2.06. The Morgan fingerprint density at radius 2 is 2.00 bits per heavy atom. The second-order valence-corrected chi connectivity index (χ2v) is 6.89. The molecule has 1 unspecified atom stereocenters. The van der Waals surface area contributed by atoms with Crippen molar-refractivity contribution >= 4 is 22.5 Å². The minimum Gasteiger partial charge on any atom is -0.336 e. The Hall–Kier alpha value is -1.74. The van der Waals surface area contributed by atoms with Crippen molar-refractivity contribution in [1.29, 1.82) is 0 Å². The Kier molecular flexibility index (Phi) is 5.17. The summed E-state index contributed by atoms with van der Waals surface area (Å²) in [5, 5.41) is 3.11. The minimum atomic E-state index is 0.477. The third-order valence-corrected chi connectivity index (χ3v) is 5.25. The first-order valence-electron chi connectivity index (χ1n) is 7.93. The predicted molar refractivity (Wildman–Crippen MR) is 96.3 cm³/mol. The average Bonchev–Trinajstić information content (AvgIpc) is 3.07. The number of thioether (sulfide) groups is 1. The number of fused-ring (bicyclic) bond motifs is 1. The van der Waals surface area contributed by atoms with Gasteiger partial charge in [0.25, 0.3) is 0 Å². The summed E-state index contributed by atoms with van der Waals surface area (Å²) in [6.07, 6.45) is 8.35. The lowest BCUT2D eigenvalue weighted by Gasteiger charge is -2.18. The van der Waals surface area contributed by atoms with Crippen molar-refractivity contribution in [3.8, 4) is 0 Å². The number of unbranched alkanes of at least 4 members (excludes halogenated alkanes) is 1. The Balaban J connectivity index is 1.84. The van der Waals surface area contributed by atoms with Crippen LogP contribution in [0.4, 0.5) is 0 Å². The van der Waals surface area contributed by atoms with E-state index in [1.165, 1.54) is 34.9 Å². The van der Waals surface area contributed by atoms with E-state index in [0.717, 1.165) is 6.54 Å². The van der Waals surface area contributed by atoms with Crippen molar-refractivity contribution in [2.45, 2.75) is 31.6 Å². The van der Waals surface area contributed by atoms with Gasteiger partial charge >= 0.3 is 0 Å². The molecule has 3 rings (SSSR count). The molecule has 3 heteroatoms. The third kappa shape index (κ3) is 3.72. The van der Waals surface area contributed by atoms with E-state index >= 15 is 0 Å². The van der Waals surface area contributed by atoms with Crippen LogP contribution >= 0.6 is 11.8 Å². The highest BCUT2D eigenvalue weighted by Gasteiger charge is 2.13. The van der Waals surface area contributed by atoms with Crippen LogP contribution in [-0.2, 0) is 6.54 Å². The van der Waals surface area contributed by atoms with Crippen molar-refractivity contribution in [1.82, 2.24) is 9.55 Å². The molecule has 0 bridgehead atoms. The average molecular weight is 310 g/mol. The molecule has 1 atom stereocenters. The van der Waals surface area contributed by atoms with E-state index in [1.807, 2.05) is 12.5 Å². The van der Waals surface area contributed by atoms with Crippen LogP contribution in [0.5, 0.6) is 0 Å². The van der Waals surface area contributed by atoms with Gasteiger partial charge < -0.3 is 4.57 Å². The Morgan fingerprint density at radius 1 is 1.14 bits per heavy atom. The van der Waals surface area contributed by atoms with Crippen LogP contribution in [0.15, 0.2) is 61.2 Å². The molecule has 2 aromatic carbocycles. The fourth-order valence-corrected chi connectivity index (χ4v) is 3.98. The summed E-state index contributed by atoms with van der Waals surface area (Å²) < 4.78 is 2.18. The van der Waals surface area contributed by atoms with Gasteiger partial charge in [0.15, 0.2) is 0 Å². The van der Waals surface area contributed by atoms with Crippen molar-refractivity contribution in [3.05, 3.63) is 66.7 Å². The lowest BCUT2D eigenvalue weighted by atomic mass is 10.0. The molecule has 0 saturated carbocycles. The second kappa shape index (κ2) is 7.50. The maximum atomic E-state index is 4.17. The highest BCUT2D eigenvalue weighted by Crippen LogP contribution is 2.33. The van der Waals surface area contributed by atoms with Crippen LogP contribution < -0.4 is 0 Å². The van der Waals surface area contributed by atoms with Crippen molar-refractivity contribution < 1.29 is 0 Å². The van der Waals surface area contributed by atoms with Crippen LogP contribution in [0.2, 0.25) is 0 Å². The van der Waals surface area contributed by atoms with Gasteiger partial charge in [-0.3, -0.25) is 0 Å². The molecule has 0 spiro atoms. The molecule has 1 aromatic heterocycles. The van der Waals surface area contributed by atoms with Gasteiger partial charge in [-0.05, 0) is 34.6 Å². The molecule has 22 heavy (non-hydrogen) atoms. The summed E-state index contributed by atoms with van der Waals surface area (Å²) in [7, 11) is 0. The summed E-state index contributed by atoms with van der Waals surface area (Å²) in [6, 6.07) is 15.4. The number of rotatable bonds is 7. The van der Waals surface area contributed by atoms with Gasteiger partial charge in [0.2, 0.25) is 0 Å². The van der Waals surface area contributed by atoms with Gasteiger partial charge in [-0.15, -0.1) is 0 Å². The largest absolute Gasteiger partial charge is 0.336 e. The number of nitrogens with zero attached hydrogens (tertiary/aromatic N) is 2. The Labute approximate surface area is 136 Å². The van der Waals surface area contributed by atoms with Gasteiger partial charge in [-0.2, -0.15) is 11.8 Å². The normalized spacial score (nSPS) is 12.6. The predicted octanol–water partition coefficient (Wildman–Crippen LogP) is 5.31. The van der Waals surface area contributed by atoms with Gasteiger partial charge in [0.1, 0.15) is 0 Å². The first kappa shape index (κ1) is 15.2. The molecule has 0 saturated heterocycles. The summed E-state index contributed by atoms with van der Waals surface area (Å²) in [5.41, 5.74) is 1.41. The van der Waals surface area contributed by atoms with E-state index < -0.39 is 0 Å². The third-order valence-electron chi connectivity index (χ3n) is 3.90. The summed E-state index contributed by atoms with van der Waals surface area (Å²) in [6.45, 7) is 3.23. The fraction of sp³-hybridized carbons (Fsp3) is 0.316. The first-order chi connectivity index (χ1) is 10.9. The van der Waals surface area contributed by atoms with E-state index in [-0.39, 0.29) is 0 Å². The standard InChI is InChI=1S/C19H22N2S/c1-2-3-12-22-19(14-21-11-10-20-15-21)18-9-8-16-6-4-5-7-17(16)13-18/h4-11,13,15,19H,2-3,12,14H2,1H3. The first-order valence-corrected chi connectivity index (χ1v) is 8.97. The number of imidazole rings is 1. The van der Waals surface area contributed by atoms with E-state index in [2.05, 4.69) is 76.9 Å². The smallest absolute Gasteiger partial charge is 0.0946 e. The van der Waals surface area contributed by atoms with Crippen LogP contribution in [-0.4, -0.2) is 15.3 Å². The summed E-state index contributed by atoms with van der Waals surface area (Å²) in [5.74, 6) is 1.21. The quantitative estimate of drug-likeness (QED) is 0.550. The monoisotopic (exact) mass is 310 g/mol. The SMILES string of the molecule is CCCCSC(Cn1ccnc1)c1ccc2ccccc2c1. The lowest BCUT2D eigenvalue weighted by molar-refractivity contribution is 0.683. The van der Waals surface area contributed by atoms with Crippen LogP contribution in [0.1, 0.15) is 30.6 Å². The van der Waals surface area contributed by atoms with E-state index in [9.17, 15) is 0 Å². The Morgan fingerprint density at radius 3 is 2.77 bits per heavy atom. The number of aromatic nitrogens is 2. The zero-order valence-electron chi connectivity index (χ0n) is 13.0. The molecule has 114 valence electrons. The van der Waals surface area contributed by atoms with Crippen LogP contribution in [0, 0.1) is 0 Å². The number of hydrogen-bond donors (Lipinski definition) is 0. The molecule has 2 nitrogen and oxygen atoms in total. The van der Waals surface area contributed by atoms with Crippen molar-refractivity contribution in [2.75, 3.05) is 5.75 Å². The molecule has 3 aromatic rings. The second-order valence-electron chi connectivity index (χ2n) is 5.58. The summed E-state index contributed by atoms with van der Waals surface area (Å²) in [4.78, 5) is 4.17. The zero-order valence-corrected chi connectivity index (χ0v) is 13.8. The molecule has 1 heterocycles. The molecular formula is C19H22N2S. The lowest BCUT2D eigenvalue weighted by Crippen LogP contribution is -2.05. The highest BCUT2D eigenvalue weighted by atomic mass is 32.2. The Bertz CT molecular complexity index is 706. The molecule has 0 N–H and O–H groups in total. The van der Waals surface area contributed by atoms with Crippen molar-refractivity contribution in [3.63, 3.8) is 0 Å². The maximum absolute atomic E-state index is 4.17. The van der Waals surface area contributed by atoms with E-state index in [1.54, 1.807) is 0 Å². The van der Waals surface area contributed by atoms with Gasteiger partial charge in [0.05, 0.1) is 6.33 Å². The van der Waals surface area contributed by atoms with Crippen LogP contribution in [0.25, 0.3) is 10.8 Å². The van der Waals surface area contributed by atoms with E-state index in [4.69, 9.17) is 0 Å². The molecule has 0 aliphatic heterocycles. The topological polar surface area (TPSA) is 17.8 Å². The van der Waals surface area contributed by atoms with E-state index in [0.29, 0.717) is 5.25 Å². The fourth-order valence-electron chi connectivity index (χ4n) is 2.62. The van der Waals surface area contributed by atoms with Crippen molar-refractivity contribution in [2.24, 2.45) is 0 Å².